The molecular weight excluding hydrogens is 282 g/mol. The van der Waals surface area contributed by atoms with E-state index in [4.69, 9.17) is 0 Å². The van der Waals surface area contributed by atoms with Crippen molar-refractivity contribution < 1.29 is 4.79 Å². The second-order valence-corrected chi connectivity index (χ2v) is 4.72. The van der Waals surface area contributed by atoms with E-state index in [1.807, 2.05) is 30.3 Å². The molecule has 3 rings (SSSR count). The smallest absolute Gasteiger partial charge is 0.269 e. The molecule has 0 aliphatic carbocycles. The Morgan fingerprint density at radius 1 is 1.18 bits per heavy atom. The van der Waals surface area contributed by atoms with Crippen molar-refractivity contribution in [3.05, 3.63) is 47.9 Å². The number of carbonyl (C=O) groups is 1. The van der Waals surface area contributed by atoms with Crippen LogP contribution in [0.25, 0.3) is 11.3 Å². The van der Waals surface area contributed by atoms with Crippen LogP contribution in [0.1, 0.15) is 22.7 Å². The molecule has 0 atom stereocenters. The molecule has 0 spiro atoms. The number of carbonyl (C=O) groups excluding carboxylic acids is 1. The van der Waals surface area contributed by atoms with Crippen LogP contribution in [0.15, 0.2) is 36.4 Å². The second kappa shape index (κ2) is 6.61. The van der Waals surface area contributed by atoms with Crippen LogP contribution in [0.4, 0.5) is 0 Å². The van der Waals surface area contributed by atoms with E-state index in [1.165, 1.54) is 0 Å². The molecule has 0 aliphatic heterocycles. The summed E-state index contributed by atoms with van der Waals surface area (Å²) in [7, 11) is 0. The number of H-pyrrole nitrogens is 2. The lowest BCUT2D eigenvalue weighted by atomic mass is 10.1. The summed E-state index contributed by atoms with van der Waals surface area (Å²) < 4.78 is 0. The lowest BCUT2D eigenvalue weighted by Gasteiger charge is -2.01. The Morgan fingerprint density at radius 3 is 2.82 bits per heavy atom. The number of aromatic nitrogens is 6. The van der Waals surface area contributed by atoms with Crippen molar-refractivity contribution >= 4 is 5.91 Å². The van der Waals surface area contributed by atoms with Gasteiger partial charge >= 0.3 is 0 Å². The third-order valence-electron chi connectivity index (χ3n) is 3.14. The fourth-order valence-corrected chi connectivity index (χ4v) is 2.03. The Hall–Kier alpha value is -3.03. The van der Waals surface area contributed by atoms with Crippen molar-refractivity contribution in [2.45, 2.75) is 12.8 Å². The third kappa shape index (κ3) is 3.35. The summed E-state index contributed by atoms with van der Waals surface area (Å²) >= 11 is 0. The molecule has 0 unspecified atom stereocenters. The van der Waals surface area contributed by atoms with E-state index in [1.54, 1.807) is 6.07 Å². The van der Waals surface area contributed by atoms with Gasteiger partial charge in [0.25, 0.3) is 5.91 Å². The Bertz CT molecular complexity index is 721. The number of nitrogens with zero attached hydrogens (tertiary/aromatic N) is 4. The number of amides is 1. The van der Waals surface area contributed by atoms with Gasteiger partial charge < -0.3 is 5.32 Å². The predicted molar refractivity (Wildman–Crippen MR) is 78.9 cm³/mol. The van der Waals surface area contributed by atoms with Crippen molar-refractivity contribution in [1.82, 2.24) is 36.1 Å². The number of aromatic amines is 2. The van der Waals surface area contributed by atoms with Gasteiger partial charge in [0.15, 0.2) is 5.82 Å². The number of tetrazole rings is 1. The second-order valence-electron chi connectivity index (χ2n) is 4.72. The standard InChI is InChI=1S/C14H15N7O/c22-14(15-8-4-7-13-18-20-21-19-13)12-9-11(16-17-12)10-5-2-1-3-6-10/h1-3,5-6,9H,4,7-8H2,(H,15,22)(H,16,17)(H,18,19,20,21). The van der Waals surface area contributed by atoms with Gasteiger partial charge in [-0.25, -0.2) is 0 Å². The Kier molecular flexibility index (Phi) is 4.19. The van der Waals surface area contributed by atoms with Crippen LogP contribution in [0.2, 0.25) is 0 Å². The molecule has 1 amide bonds. The summed E-state index contributed by atoms with van der Waals surface area (Å²) in [6.45, 7) is 0.535. The van der Waals surface area contributed by atoms with E-state index in [-0.39, 0.29) is 5.91 Å². The molecule has 3 aromatic rings. The first kappa shape index (κ1) is 13.9. The van der Waals surface area contributed by atoms with Crippen LogP contribution in [-0.2, 0) is 6.42 Å². The molecule has 22 heavy (non-hydrogen) atoms. The number of hydrogen-bond donors (Lipinski definition) is 3. The molecule has 2 heterocycles. The van der Waals surface area contributed by atoms with Crippen LogP contribution < -0.4 is 5.32 Å². The van der Waals surface area contributed by atoms with E-state index in [9.17, 15) is 4.79 Å². The van der Waals surface area contributed by atoms with E-state index >= 15 is 0 Å². The van der Waals surface area contributed by atoms with Crippen molar-refractivity contribution in [1.29, 1.82) is 0 Å². The minimum Gasteiger partial charge on any atom is -0.351 e. The first-order valence-corrected chi connectivity index (χ1v) is 6.94. The van der Waals surface area contributed by atoms with Crippen LogP contribution >= 0.6 is 0 Å². The monoisotopic (exact) mass is 297 g/mol. The van der Waals surface area contributed by atoms with Gasteiger partial charge in [0.2, 0.25) is 0 Å². The van der Waals surface area contributed by atoms with E-state index in [0.29, 0.717) is 24.5 Å². The van der Waals surface area contributed by atoms with Crippen molar-refractivity contribution in [2.24, 2.45) is 0 Å². The highest BCUT2D eigenvalue weighted by atomic mass is 16.1. The molecule has 112 valence electrons. The maximum absolute atomic E-state index is 12.0. The van der Waals surface area contributed by atoms with E-state index in [0.717, 1.165) is 17.7 Å². The normalized spacial score (nSPS) is 10.5. The molecule has 8 heteroatoms. The van der Waals surface area contributed by atoms with Crippen LogP contribution in [0.3, 0.4) is 0 Å². The first-order valence-electron chi connectivity index (χ1n) is 6.94. The topological polar surface area (TPSA) is 112 Å². The molecule has 8 nitrogen and oxygen atoms in total. The van der Waals surface area contributed by atoms with Crippen LogP contribution in [0.5, 0.6) is 0 Å². The highest BCUT2D eigenvalue weighted by Gasteiger charge is 2.10. The molecule has 0 bridgehead atoms. The third-order valence-corrected chi connectivity index (χ3v) is 3.14. The maximum atomic E-state index is 12.0. The maximum Gasteiger partial charge on any atom is 0.269 e. The fraction of sp³-hybridized carbons (Fsp3) is 0.214. The SMILES string of the molecule is O=C(NCCCc1nn[nH]n1)c1cc(-c2ccccc2)n[nH]1. The number of aryl methyl sites for hydroxylation is 1. The molecule has 0 fully saturated rings. The molecule has 0 aliphatic rings. The molecule has 1 aromatic carbocycles. The molecule has 0 saturated heterocycles. The first-order chi connectivity index (χ1) is 10.8. The van der Waals surface area contributed by atoms with Gasteiger partial charge in [-0.1, -0.05) is 35.5 Å². The van der Waals surface area contributed by atoms with Gasteiger partial charge in [0.1, 0.15) is 5.69 Å². The minimum absolute atomic E-state index is 0.178. The number of nitrogens with one attached hydrogen (secondary N) is 3. The fourth-order valence-electron chi connectivity index (χ4n) is 2.03. The van der Waals surface area contributed by atoms with Crippen LogP contribution in [0, 0.1) is 0 Å². The number of hydrogen-bond acceptors (Lipinski definition) is 5. The zero-order chi connectivity index (χ0) is 15.2. The van der Waals surface area contributed by atoms with Gasteiger partial charge in [-0.05, 0) is 12.5 Å². The van der Waals surface area contributed by atoms with Gasteiger partial charge in [0, 0.05) is 18.5 Å². The Balaban J connectivity index is 1.51. The molecule has 0 saturated carbocycles. The van der Waals surface area contributed by atoms with Crippen molar-refractivity contribution in [3.63, 3.8) is 0 Å². The zero-order valence-electron chi connectivity index (χ0n) is 11.8. The average molecular weight is 297 g/mol. The summed E-state index contributed by atoms with van der Waals surface area (Å²) in [6.07, 6.45) is 1.40. The Labute approximate surface area is 126 Å². The molecule has 2 aromatic heterocycles. The molecule has 3 N–H and O–H groups in total. The molecular formula is C14H15N7O. The van der Waals surface area contributed by atoms with Gasteiger partial charge in [-0.15, -0.1) is 10.2 Å². The highest BCUT2D eigenvalue weighted by Crippen LogP contribution is 2.16. The summed E-state index contributed by atoms with van der Waals surface area (Å²) in [5.74, 6) is 0.463. The predicted octanol–water partition coefficient (Wildman–Crippen LogP) is 0.952. The summed E-state index contributed by atoms with van der Waals surface area (Å²) in [4.78, 5) is 12.0. The lowest BCUT2D eigenvalue weighted by Crippen LogP contribution is -2.25. The van der Waals surface area contributed by atoms with Gasteiger partial charge in [-0.3, -0.25) is 9.89 Å². The largest absolute Gasteiger partial charge is 0.351 e. The summed E-state index contributed by atoms with van der Waals surface area (Å²) in [5.41, 5.74) is 2.16. The summed E-state index contributed by atoms with van der Waals surface area (Å²) in [6, 6.07) is 11.4. The Morgan fingerprint density at radius 2 is 2.05 bits per heavy atom. The highest BCUT2D eigenvalue weighted by molar-refractivity contribution is 5.93. The quantitative estimate of drug-likeness (QED) is 0.586. The van der Waals surface area contributed by atoms with Crippen molar-refractivity contribution in [3.8, 4) is 11.3 Å². The zero-order valence-corrected chi connectivity index (χ0v) is 11.8. The minimum atomic E-state index is -0.178. The molecule has 0 radical (unpaired) electrons. The average Bonchev–Trinajstić information content (AvgIpc) is 3.24. The van der Waals surface area contributed by atoms with Crippen molar-refractivity contribution in [2.75, 3.05) is 6.54 Å². The van der Waals surface area contributed by atoms with Gasteiger partial charge in [-0.2, -0.15) is 10.3 Å². The number of rotatable bonds is 6. The lowest BCUT2D eigenvalue weighted by molar-refractivity contribution is 0.0948. The van der Waals surface area contributed by atoms with E-state index in [2.05, 4.69) is 36.1 Å². The van der Waals surface area contributed by atoms with E-state index < -0.39 is 0 Å². The van der Waals surface area contributed by atoms with Gasteiger partial charge in [0.05, 0.1) is 5.69 Å². The summed E-state index contributed by atoms with van der Waals surface area (Å²) in [5, 5.41) is 23.3. The number of benzene rings is 1. The van der Waals surface area contributed by atoms with Crippen LogP contribution in [-0.4, -0.2) is 43.3 Å².